The van der Waals surface area contributed by atoms with E-state index in [0.29, 0.717) is 37.4 Å². The summed E-state index contributed by atoms with van der Waals surface area (Å²) in [5, 5.41) is 0.829. The highest BCUT2D eigenvalue weighted by molar-refractivity contribution is 6.07. The number of aryl methyl sites for hydroxylation is 1. The van der Waals surface area contributed by atoms with E-state index in [0.717, 1.165) is 22.0 Å². The zero-order valence-electron chi connectivity index (χ0n) is 17.6. The fraction of sp³-hybridized carbons (Fsp3) is 0.333. The number of carbonyl (C=O) groups excluding carboxylic acids is 2. The van der Waals surface area contributed by atoms with Gasteiger partial charge >= 0.3 is 0 Å². The van der Waals surface area contributed by atoms with E-state index in [4.69, 9.17) is 9.72 Å². The molecular formula is C24H24N4O3. The minimum Gasteiger partial charge on any atom is -0.374 e. The third-order valence-corrected chi connectivity index (χ3v) is 6.21. The number of aromatic nitrogens is 2. The summed E-state index contributed by atoms with van der Waals surface area (Å²) in [5.41, 5.74) is 4.02. The minimum atomic E-state index is -0.159. The Balaban J connectivity index is 1.55. The number of likely N-dealkylation sites (N-methyl/N-ethyl adjacent to an activating group) is 1. The molecule has 31 heavy (non-hydrogen) atoms. The third kappa shape index (κ3) is 3.55. The molecule has 0 saturated carbocycles. The van der Waals surface area contributed by atoms with Crippen molar-refractivity contribution in [3.05, 3.63) is 59.9 Å². The second kappa shape index (κ2) is 7.74. The molecule has 2 aromatic heterocycles. The first-order valence-electron chi connectivity index (χ1n) is 10.5. The van der Waals surface area contributed by atoms with Crippen LogP contribution in [0.5, 0.6) is 0 Å². The summed E-state index contributed by atoms with van der Waals surface area (Å²) in [6.07, 6.45) is 3.69. The summed E-state index contributed by atoms with van der Waals surface area (Å²) in [4.78, 5) is 38.4. The highest BCUT2D eigenvalue weighted by atomic mass is 16.5. The maximum Gasteiger partial charge on any atom is 0.254 e. The molecule has 2 atom stereocenters. The Labute approximate surface area is 180 Å². The molecule has 0 radical (unpaired) electrons. The molecule has 0 bridgehead atoms. The average Bonchev–Trinajstić information content (AvgIpc) is 3.16. The fourth-order valence-corrected chi connectivity index (χ4v) is 4.47. The number of nitrogens with zero attached hydrogens (tertiary/aromatic N) is 4. The monoisotopic (exact) mass is 416 g/mol. The van der Waals surface area contributed by atoms with Gasteiger partial charge in [-0.25, -0.2) is 4.98 Å². The zero-order chi connectivity index (χ0) is 21.5. The molecule has 7 heteroatoms. The van der Waals surface area contributed by atoms with Crippen LogP contribution in [0.2, 0.25) is 0 Å². The van der Waals surface area contributed by atoms with Crippen molar-refractivity contribution in [3.8, 4) is 11.3 Å². The molecule has 5 rings (SSSR count). The average molecular weight is 416 g/mol. The molecule has 0 unspecified atom stereocenters. The summed E-state index contributed by atoms with van der Waals surface area (Å²) >= 11 is 0. The van der Waals surface area contributed by atoms with Crippen molar-refractivity contribution in [3.63, 3.8) is 0 Å². The summed E-state index contributed by atoms with van der Waals surface area (Å²) in [5.74, 6) is -0.00805. The van der Waals surface area contributed by atoms with Gasteiger partial charge in [0, 0.05) is 43.5 Å². The molecule has 2 aliphatic rings. The number of benzene rings is 1. The molecule has 0 spiro atoms. The minimum absolute atomic E-state index is 0.0608. The van der Waals surface area contributed by atoms with Crippen LogP contribution in [-0.4, -0.2) is 70.5 Å². The van der Waals surface area contributed by atoms with E-state index in [1.807, 2.05) is 43.3 Å². The predicted molar refractivity (Wildman–Crippen MR) is 117 cm³/mol. The SMILES string of the molecule is Cc1ccc2nc(-c3cccnc3)cc(C(=O)N3C[C@@H]4OCCC(=O)N(C)[C@H]4C3)c2c1. The van der Waals surface area contributed by atoms with Gasteiger partial charge in [0.1, 0.15) is 0 Å². The van der Waals surface area contributed by atoms with E-state index in [2.05, 4.69) is 4.98 Å². The number of likely N-dealkylation sites (tertiary alicyclic amines) is 1. The topological polar surface area (TPSA) is 75.6 Å². The normalized spacial score (nSPS) is 21.3. The fourth-order valence-electron chi connectivity index (χ4n) is 4.47. The highest BCUT2D eigenvalue weighted by Gasteiger charge is 2.42. The molecule has 2 fully saturated rings. The second-order valence-electron chi connectivity index (χ2n) is 8.26. The van der Waals surface area contributed by atoms with Crippen molar-refractivity contribution >= 4 is 22.7 Å². The quantitative estimate of drug-likeness (QED) is 0.642. The van der Waals surface area contributed by atoms with Crippen molar-refractivity contribution < 1.29 is 14.3 Å². The van der Waals surface area contributed by atoms with Gasteiger partial charge in [0.2, 0.25) is 5.91 Å². The van der Waals surface area contributed by atoms with Gasteiger partial charge in [-0.05, 0) is 37.3 Å². The van der Waals surface area contributed by atoms with Crippen molar-refractivity contribution in [2.75, 3.05) is 26.7 Å². The van der Waals surface area contributed by atoms with Crippen LogP contribution in [0.1, 0.15) is 22.3 Å². The standard InChI is InChI=1S/C24H24N4O3/c1-15-5-6-19-17(10-15)18(11-20(26-19)16-4-3-8-25-12-16)24(30)28-13-21-22(14-28)31-9-7-23(29)27(21)2/h3-6,8,10-12,21-22H,7,9,13-14H2,1-2H3/t21-,22-/m0/s1. The largest absolute Gasteiger partial charge is 0.374 e. The smallest absolute Gasteiger partial charge is 0.254 e. The summed E-state index contributed by atoms with van der Waals surface area (Å²) < 4.78 is 5.91. The molecule has 0 N–H and O–H groups in total. The van der Waals surface area contributed by atoms with Crippen LogP contribution >= 0.6 is 0 Å². The molecule has 2 saturated heterocycles. The van der Waals surface area contributed by atoms with Crippen molar-refractivity contribution in [1.82, 2.24) is 19.8 Å². The molecule has 4 heterocycles. The first kappa shape index (κ1) is 19.6. The third-order valence-electron chi connectivity index (χ3n) is 6.21. The lowest BCUT2D eigenvalue weighted by Crippen LogP contribution is -2.43. The van der Waals surface area contributed by atoms with Crippen LogP contribution in [0.4, 0.5) is 0 Å². The van der Waals surface area contributed by atoms with E-state index >= 15 is 0 Å². The summed E-state index contributed by atoms with van der Waals surface area (Å²) in [6, 6.07) is 11.5. The molecule has 1 aromatic carbocycles. The molecule has 2 amide bonds. The van der Waals surface area contributed by atoms with Gasteiger partial charge in [-0.2, -0.15) is 0 Å². The summed E-state index contributed by atoms with van der Waals surface area (Å²) in [7, 11) is 1.80. The van der Waals surface area contributed by atoms with E-state index in [9.17, 15) is 9.59 Å². The molecule has 2 aliphatic heterocycles. The Bertz CT molecular complexity index is 1160. The van der Waals surface area contributed by atoms with Gasteiger partial charge in [0.15, 0.2) is 0 Å². The number of fused-ring (bicyclic) bond motifs is 2. The first-order chi connectivity index (χ1) is 15.0. The maximum absolute atomic E-state index is 13.7. The molecule has 158 valence electrons. The number of hydrogen-bond donors (Lipinski definition) is 0. The van der Waals surface area contributed by atoms with Gasteiger partial charge in [0.05, 0.1) is 41.9 Å². The highest BCUT2D eigenvalue weighted by Crippen LogP contribution is 2.29. The number of ether oxygens (including phenoxy) is 1. The lowest BCUT2D eigenvalue weighted by Gasteiger charge is -2.25. The van der Waals surface area contributed by atoms with Gasteiger partial charge < -0.3 is 14.5 Å². The number of hydrogen-bond acceptors (Lipinski definition) is 5. The van der Waals surface area contributed by atoms with Crippen LogP contribution < -0.4 is 0 Å². The molecule has 0 aliphatic carbocycles. The maximum atomic E-state index is 13.7. The van der Waals surface area contributed by atoms with Crippen LogP contribution in [0, 0.1) is 6.92 Å². The summed E-state index contributed by atoms with van der Waals surface area (Å²) in [6.45, 7) is 3.34. The Morgan fingerprint density at radius 3 is 2.87 bits per heavy atom. The number of rotatable bonds is 2. The van der Waals surface area contributed by atoms with Gasteiger partial charge in [0.25, 0.3) is 5.91 Å². The number of pyridine rings is 2. The molecule has 3 aromatic rings. The van der Waals surface area contributed by atoms with Crippen LogP contribution in [0.15, 0.2) is 48.8 Å². The van der Waals surface area contributed by atoms with Gasteiger partial charge in [-0.15, -0.1) is 0 Å². The Morgan fingerprint density at radius 1 is 1.19 bits per heavy atom. The van der Waals surface area contributed by atoms with Crippen molar-refractivity contribution in [2.24, 2.45) is 0 Å². The van der Waals surface area contributed by atoms with E-state index in [1.165, 1.54) is 0 Å². The van der Waals surface area contributed by atoms with Gasteiger partial charge in [-0.1, -0.05) is 11.6 Å². The van der Waals surface area contributed by atoms with E-state index in [1.54, 1.807) is 29.2 Å². The Morgan fingerprint density at radius 2 is 2.06 bits per heavy atom. The number of amides is 2. The first-order valence-corrected chi connectivity index (χ1v) is 10.5. The Hall–Kier alpha value is -3.32. The van der Waals surface area contributed by atoms with Crippen molar-refractivity contribution in [1.29, 1.82) is 0 Å². The van der Waals surface area contributed by atoms with Gasteiger partial charge in [-0.3, -0.25) is 14.6 Å². The van der Waals surface area contributed by atoms with E-state index < -0.39 is 0 Å². The predicted octanol–water partition coefficient (Wildman–Crippen LogP) is 2.68. The zero-order valence-corrected chi connectivity index (χ0v) is 17.6. The Kier molecular flexibility index (Phi) is 4.90. The van der Waals surface area contributed by atoms with Crippen LogP contribution in [-0.2, 0) is 9.53 Å². The second-order valence-corrected chi connectivity index (χ2v) is 8.26. The lowest BCUT2D eigenvalue weighted by molar-refractivity contribution is -0.131. The number of carbonyl (C=O) groups is 2. The van der Waals surface area contributed by atoms with Crippen LogP contribution in [0.3, 0.4) is 0 Å². The van der Waals surface area contributed by atoms with E-state index in [-0.39, 0.29) is 24.0 Å². The molecular weight excluding hydrogens is 392 g/mol. The lowest BCUT2D eigenvalue weighted by atomic mass is 10.0. The van der Waals surface area contributed by atoms with Crippen LogP contribution in [0.25, 0.3) is 22.2 Å². The van der Waals surface area contributed by atoms with Crippen molar-refractivity contribution in [2.45, 2.75) is 25.5 Å². The molecule has 7 nitrogen and oxygen atoms in total.